The van der Waals surface area contributed by atoms with Crippen molar-refractivity contribution in [1.82, 2.24) is 4.90 Å². The van der Waals surface area contributed by atoms with Gasteiger partial charge in [-0.25, -0.2) is 0 Å². The van der Waals surface area contributed by atoms with Crippen LogP contribution in [0.3, 0.4) is 0 Å². The predicted octanol–water partition coefficient (Wildman–Crippen LogP) is 2.43. The number of hydrogen-bond acceptors (Lipinski definition) is 3. The zero-order valence-electron chi connectivity index (χ0n) is 11.6. The molecule has 3 nitrogen and oxygen atoms in total. The van der Waals surface area contributed by atoms with Crippen LogP contribution in [0.2, 0.25) is 0 Å². The van der Waals surface area contributed by atoms with Gasteiger partial charge >= 0.3 is 0 Å². The Bertz CT molecular complexity index is 303. The van der Waals surface area contributed by atoms with Crippen molar-refractivity contribution in [3.8, 4) is 0 Å². The summed E-state index contributed by atoms with van der Waals surface area (Å²) in [6.45, 7) is 8.49. The first kappa shape index (κ1) is 15.2. The highest BCUT2D eigenvalue weighted by molar-refractivity contribution is 5.19. The highest BCUT2D eigenvalue weighted by Gasteiger charge is 2.17. The molecule has 0 bridgehead atoms. The number of hydrogen-bond donors (Lipinski definition) is 1. The zero-order valence-corrected chi connectivity index (χ0v) is 11.6. The Hall–Kier alpha value is -0.900. The number of ether oxygens (including phenoxy) is 1. The summed E-state index contributed by atoms with van der Waals surface area (Å²) in [5, 5.41) is 0. The van der Waals surface area contributed by atoms with Gasteiger partial charge in [0, 0.05) is 19.2 Å². The molecule has 2 N–H and O–H groups in total. The van der Waals surface area contributed by atoms with E-state index in [1.807, 2.05) is 6.92 Å². The number of likely N-dealkylation sites (N-methyl/N-ethyl adjacent to an activating group) is 1. The molecule has 0 spiro atoms. The van der Waals surface area contributed by atoms with Gasteiger partial charge in [-0.1, -0.05) is 37.3 Å². The molecule has 1 aromatic carbocycles. The van der Waals surface area contributed by atoms with Crippen LogP contribution in [0.15, 0.2) is 30.3 Å². The molecule has 0 saturated heterocycles. The molecule has 1 unspecified atom stereocenters. The maximum absolute atomic E-state index is 5.76. The fraction of sp³-hybridized carbons (Fsp3) is 0.600. The molecule has 3 heteroatoms. The van der Waals surface area contributed by atoms with E-state index in [0.717, 1.165) is 32.7 Å². The smallest absolute Gasteiger partial charge is 0.0593 e. The van der Waals surface area contributed by atoms with Gasteiger partial charge in [-0.3, -0.25) is 4.90 Å². The molecule has 0 heterocycles. The van der Waals surface area contributed by atoms with E-state index >= 15 is 0 Å². The van der Waals surface area contributed by atoms with Gasteiger partial charge in [0.05, 0.1) is 6.61 Å². The Labute approximate surface area is 111 Å². The van der Waals surface area contributed by atoms with E-state index in [-0.39, 0.29) is 0 Å². The van der Waals surface area contributed by atoms with E-state index in [1.165, 1.54) is 5.56 Å². The van der Waals surface area contributed by atoms with E-state index in [2.05, 4.69) is 42.2 Å². The second-order valence-electron chi connectivity index (χ2n) is 4.33. The molecular formula is C15H26N2O. The third kappa shape index (κ3) is 4.77. The highest BCUT2D eigenvalue weighted by atomic mass is 16.5. The van der Waals surface area contributed by atoms with Gasteiger partial charge in [0.2, 0.25) is 0 Å². The summed E-state index contributed by atoms with van der Waals surface area (Å²) in [6.07, 6.45) is 0.990. The monoisotopic (exact) mass is 250 g/mol. The van der Waals surface area contributed by atoms with Gasteiger partial charge in [0.25, 0.3) is 0 Å². The van der Waals surface area contributed by atoms with Crippen molar-refractivity contribution in [2.24, 2.45) is 5.73 Å². The third-order valence-corrected chi connectivity index (χ3v) is 3.20. The minimum absolute atomic E-state index is 0.404. The van der Waals surface area contributed by atoms with Crippen molar-refractivity contribution in [2.75, 3.05) is 32.8 Å². The minimum atomic E-state index is 0.404. The molecule has 18 heavy (non-hydrogen) atoms. The Morgan fingerprint density at radius 3 is 2.50 bits per heavy atom. The minimum Gasteiger partial charge on any atom is -0.380 e. The summed E-state index contributed by atoms with van der Waals surface area (Å²) >= 11 is 0. The summed E-state index contributed by atoms with van der Waals surface area (Å²) in [6, 6.07) is 11.0. The van der Waals surface area contributed by atoms with Crippen molar-refractivity contribution >= 4 is 0 Å². The van der Waals surface area contributed by atoms with Crippen LogP contribution in [0, 0.1) is 0 Å². The molecule has 0 aliphatic heterocycles. The predicted molar refractivity (Wildman–Crippen MR) is 76.6 cm³/mol. The molecule has 0 radical (unpaired) electrons. The third-order valence-electron chi connectivity index (χ3n) is 3.20. The lowest BCUT2D eigenvalue weighted by atomic mass is 10.0. The van der Waals surface area contributed by atoms with Gasteiger partial charge in [-0.15, -0.1) is 0 Å². The van der Waals surface area contributed by atoms with E-state index < -0.39 is 0 Å². The second-order valence-corrected chi connectivity index (χ2v) is 4.33. The molecule has 0 amide bonds. The molecule has 102 valence electrons. The molecule has 1 atom stereocenters. The van der Waals surface area contributed by atoms with Gasteiger partial charge < -0.3 is 10.5 Å². The Balaban J connectivity index is 2.68. The van der Waals surface area contributed by atoms with Crippen LogP contribution >= 0.6 is 0 Å². The standard InChI is InChI=1S/C15H26N2O/c1-3-17(12-13-18-4-2)15(10-11-16)14-8-6-5-7-9-14/h5-9,15H,3-4,10-13,16H2,1-2H3. The largest absolute Gasteiger partial charge is 0.380 e. The molecule has 1 aromatic rings. The molecule has 0 saturated carbocycles. The van der Waals surface area contributed by atoms with Crippen LogP contribution in [0.25, 0.3) is 0 Å². The molecule has 0 aromatic heterocycles. The van der Waals surface area contributed by atoms with E-state index in [9.17, 15) is 0 Å². The molecular weight excluding hydrogens is 224 g/mol. The second kappa shape index (κ2) is 9.09. The summed E-state index contributed by atoms with van der Waals surface area (Å²) in [7, 11) is 0. The first-order chi connectivity index (χ1) is 8.83. The van der Waals surface area contributed by atoms with Crippen LogP contribution in [0.4, 0.5) is 0 Å². The van der Waals surface area contributed by atoms with Crippen LogP contribution in [-0.2, 0) is 4.74 Å². The molecule has 0 fully saturated rings. The average Bonchev–Trinajstić information content (AvgIpc) is 2.43. The lowest BCUT2D eigenvalue weighted by Gasteiger charge is -2.30. The van der Waals surface area contributed by atoms with Crippen LogP contribution in [0.1, 0.15) is 31.9 Å². The number of benzene rings is 1. The molecule has 0 aliphatic carbocycles. The van der Waals surface area contributed by atoms with Crippen molar-refractivity contribution in [2.45, 2.75) is 26.3 Å². The summed E-state index contributed by atoms with van der Waals surface area (Å²) in [5.41, 5.74) is 7.10. The number of nitrogens with two attached hydrogens (primary N) is 1. The van der Waals surface area contributed by atoms with Gasteiger partial charge in [0.1, 0.15) is 0 Å². The summed E-state index contributed by atoms with van der Waals surface area (Å²) in [4.78, 5) is 2.44. The lowest BCUT2D eigenvalue weighted by molar-refractivity contribution is 0.0946. The average molecular weight is 250 g/mol. The first-order valence-electron chi connectivity index (χ1n) is 6.90. The SMILES string of the molecule is CCOCCN(CC)C(CCN)c1ccccc1. The van der Waals surface area contributed by atoms with Crippen molar-refractivity contribution < 1.29 is 4.74 Å². The topological polar surface area (TPSA) is 38.5 Å². The van der Waals surface area contributed by atoms with Gasteiger partial charge in [-0.2, -0.15) is 0 Å². The van der Waals surface area contributed by atoms with Crippen molar-refractivity contribution in [1.29, 1.82) is 0 Å². The van der Waals surface area contributed by atoms with Crippen LogP contribution < -0.4 is 5.73 Å². The Morgan fingerprint density at radius 2 is 1.94 bits per heavy atom. The van der Waals surface area contributed by atoms with Crippen LogP contribution in [-0.4, -0.2) is 37.7 Å². The Kier molecular flexibility index (Phi) is 7.65. The lowest BCUT2D eigenvalue weighted by Crippen LogP contribution is -2.33. The summed E-state index contributed by atoms with van der Waals surface area (Å²) < 4.78 is 5.46. The van der Waals surface area contributed by atoms with E-state index in [1.54, 1.807) is 0 Å². The van der Waals surface area contributed by atoms with E-state index in [4.69, 9.17) is 10.5 Å². The quantitative estimate of drug-likeness (QED) is 0.684. The number of nitrogens with zero attached hydrogens (tertiary/aromatic N) is 1. The fourth-order valence-corrected chi connectivity index (χ4v) is 2.25. The first-order valence-corrected chi connectivity index (χ1v) is 6.90. The molecule has 1 rings (SSSR count). The van der Waals surface area contributed by atoms with Crippen molar-refractivity contribution in [3.05, 3.63) is 35.9 Å². The summed E-state index contributed by atoms with van der Waals surface area (Å²) in [5.74, 6) is 0. The molecule has 0 aliphatic rings. The normalized spacial score (nSPS) is 12.9. The maximum Gasteiger partial charge on any atom is 0.0593 e. The van der Waals surface area contributed by atoms with Gasteiger partial charge in [0.15, 0.2) is 0 Å². The Morgan fingerprint density at radius 1 is 1.22 bits per heavy atom. The maximum atomic E-state index is 5.76. The highest BCUT2D eigenvalue weighted by Crippen LogP contribution is 2.23. The van der Waals surface area contributed by atoms with Crippen molar-refractivity contribution in [3.63, 3.8) is 0 Å². The van der Waals surface area contributed by atoms with Crippen LogP contribution in [0.5, 0.6) is 0 Å². The van der Waals surface area contributed by atoms with E-state index in [0.29, 0.717) is 12.6 Å². The zero-order chi connectivity index (χ0) is 13.2. The van der Waals surface area contributed by atoms with Gasteiger partial charge in [-0.05, 0) is 32.0 Å². The number of rotatable bonds is 9. The fourth-order valence-electron chi connectivity index (χ4n) is 2.25.